The molecule has 2 unspecified atom stereocenters. The van der Waals surface area contributed by atoms with E-state index in [2.05, 4.69) is 21.4 Å². The van der Waals surface area contributed by atoms with E-state index >= 15 is 0 Å². The van der Waals surface area contributed by atoms with Crippen molar-refractivity contribution >= 4 is 34.2 Å². The Kier molecular flexibility index (Phi) is 5.40. The highest BCUT2D eigenvalue weighted by atomic mass is 35.5. The molecule has 3 aromatic rings. The molecule has 2 saturated carbocycles. The molecular formula is C26H27ClFN3O. The van der Waals surface area contributed by atoms with Gasteiger partial charge in [-0.15, -0.1) is 0 Å². The smallest absolute Gasteiger partial charge is 0.231 e. The van der Waals surface area contributed by atoms with Gasteiger partial charge in [0.2, 0.25) is 5.91 Å². The van der Waals surface area contributed by atoms with Crippen molar-refractivity contribution in [1.82, 2.24) is 9.97 Å². The Morgan fingerprint density at radius 2 is 1.81 bits per heavy atom. The lowest BCUT2D eigenvalue weighted by Crippen LogP contribution is -2.37. The molecule has 4 nitrogen and oxygen atoms in total. The minimum Gasteiger partial charge on any atom is -0.310 e. The molecule has 0 spiro atoms. The number of anilines is 1. The molecule has 0 aliphatic heterocycles. The summed E-state index contributed by atoms with van der Waals surface area (Å²) in [6, 6.07) is 10.4. The monoisotopic (exact) mass is 451 g/mol. The van der Waals surface area contributed by atoms with Gasteiger partial charge in [-0.3, -0.25) is 9.78 Å². The maximum Gasteiger partial charge on any atom is 0.231 e. The topological polar surface area (TPSA) is 54.9 Å². The lowest BCUT2D eigenvalue weighted by molar-refractivity contribution is -0.126. The summed E-state index contributed by atoms with van der Waals surface area (Å²) < 4.78 is 13.9. The predicted molar refractivity (Wildman–Crippen MR) is 125 cm³/mol. The first kappa shape index (κ1) is 21.3. The van der Waals surface area contributed by atoms with Gasteiger partial charge in [-0.05, 0) is 91.3 Å². The highest BCUT2D eigenvalue weighted by molar-refractivity contribution is 6.30. The van der Waals surface area contributed by atoms with Gasteiger partial charge in [-0.25, -0.2) is 9.37 Å². The summed E-state index contributed by atoms with van der Waals surface area (Å²) in [6.45, 7) is 4.08. The standard InChI is InChI=1S/C26H27ClFN3O/c1-26(2,25(32)31-24-6-3-19(27)14-30-24)18-11-15-9-17(10-16(15)12-18)21-7-8-29-23-5-4-20(28)13-22(21)23/h3-8,13-18H,9-12H2,1-2H3,(H,30,31,32)/t15-,16+,17?,18?. The molecule has 0 bridgehead atoms. The number of pyridine rings is 2. The van der Waals surface area contributed by atoms with Crippen molar-refractivity contribution in [2.45, 2.75) is 45.4 Å². The summed E-state index contributed by atoms with van der Waals surface area (Å²) >= 11 is 5.89. The van der Waals surface area contributed by atoms with Crippen LogP contribution in [0.2, 0.25) is 5.02 Å². The van der Waals surface area contributed by atoms with Crippen LogP contribution in [-0.4, -0.2) is 15.9 Å². The summed E-state index contributed by atoms with van der Waals surface area (Å²) in [5, 5.41) is 4.44. The third-order valence-electron chi connectivity index (χ3n) is 7.77. The number of hydrogen-bond acceptors (Lipinski definition) is 3. The first-order valence-corrected chi connectivity index (χ1v) is 11.7. The summed E-state index contributed by atoms with van der Waals surface area (Å²) in [5.74, 6) is 2.27. The van der Waals surface area contributed by atoms with E-state index in [1.807, 2.05) is 20.0 Å². The average molecular weight is 452 g/mol. The molecule has 1 amide bonds. The highest BCUT2D eigenvalue weighted by Gasteiger charge is 2.49. The van der Waals surface area contributed by atoms with Gasteiger partial charge in [-0.2, -0.15) is 0 Å². The molecule has 2 aliphatic rings. The number of carbonyl (C=O) groups excluding carboxylic acids is 1. The summed E-state index contributed by atoms with van der Waals surface area (Å²) in [4.78, 5) is 21.7. The quantitative estimate of drug-likeness (QED) is 0.485. The van der Waals surface area contributed by atoms with Crippen LogP contribution in [0.25, 0.3) is 10.9 Å². The van der Waals surface area contributed by atoms with E-state index in [4.69, 9.17) is 11.6 Å². The van der Waals surface area contributed by atoms with Crippen LogP contribution in [0.15, 0.2) is 48.8 Å². The lowest BCUT2D eigenvalue weighted by Gasteiger charge is -2.31. The van der Waals surface area contributed by atoms with E-state index in [0.717, 1.165) is 36.6 Å². The summed E-state index contributed by atoms with van der Waals surface area (Å²) in [6.07, 6.45) is 7.66. The van der Waals surface area contributed by atoms with E-state index in [1.165, 1.54) is 11.6 Å². The number of nitrogens with zero attached hydrogens (tertiary/aromatic N) is 2. The largest absolute Gasteiger partial charge is 0.310 e. The Bertz CT molecular complexity index is 1150. The predicted octanol–water partition coefficient (Wildman–Crippen LogP) is 6.61. The van der Waals surface area contributed by atoms with Crippen LogP contribution < -0.4 is 5.32 Å². The first-order chi connectivity index (χ1) is 15.3. The van der Waals surface area contributed by atoms with Crippen LogP contribution in [-0.2, 0) is 4.79 Å². The lowest BCUT2D eigenvalue weighted by atomic mass is 9.75. The van der Waals surface area contributed by atoms with Crippen LogP contribution in [0.4, 0.5) is 10.2 Å². The fourth-order valence-electron chi connectivity index (χ4n) is 5.87. The first-order valence-electron chi connectivity index (χ1n) is 11.3. The van der Waals surface area contributed by atoms with Crippen molar-refractivity contribution < 1.29 is 9.18 Å². The second kappa shape index (κ2) is 8.11. The van der Waals surface area contributed by atoms with E-state index in [9.17, 15) is 9.18 Å². The highest BCUT2D eigenvalue weighted by Crippen LogP contribution is 2.56. The summed E-state index contributed by atoms with van der Waals surface area (Å²) in [5.41, 5.74) is 1.59. The van der Waals surface area contributed by atoms with Gasteiger partial charge in [0.1, 0.15) is 11.6 Å². The zero-order chi connectivity index (χ0) is 22.5. The molecule has 0 radical (unpaired) electrons. The zero-order valence-corrected chi connectivity index (χ0v) is 19.1. The van der Waals surface area contributed by atoms with Gasteiger partial charge in [0, 0.05) is 23.2 Å². The van der Waals surface area contributed by atoms with Crippen molar-refractivity contribution in [1.29, 1.82) is 0 Å². The molecule has 6 heteroatoms. The van der Waals surface area contributed by atoms with E-state index in [1.54, 1.807) is 30.5 Å². The Morgan fingerprint density at radius 3 is 2.50 bits per heavy atom. The molecule has 2 aliphatic carbocycles. The molecule has 1 aromatic carbocycles. The fraction of sp³-hybridized carbons (Fsp3) is 0.423. The molecule has 5 rings (SSSR count). The SMILES string of the molecule is CC(C)(C(=O)Nc1ccc(Cl)cn1)C1C[C@H]2CC(c3ccnc4ccc(F)cc34)C[C@H]2C1. The zero-order valence-electron chi connectivity index (χ0n) is 18.3. The number of halogens is 2. The molecule has 166 valence electrons. The van der Waals surface area contributed by atoms with E-state index in [-0.39, 0.29) is 11.7 Å². The van der Waals surface area contributed by atoms with E-state index < -0.39 is 5.41 Å². The minimum atomic E-state index is -0.479. The van der Waals surface area contributed by atoms with Crippen LogP contribution in [0.3, 0.4) is 0 Å². The van der Waals surface area contributed by atoms with Gasteiger partial charge < -0.3 is 5.32 Å². The number of rotatable bonds is 4. The van der Waals surface area contributed by atoms with Gasteiger partial charge in [0.25, 0.3) is 0 Å². The van der Waals surface area contributed by atoms with Crippen molar-refractivity contribution in [3.8, 4) is 0 Å². The van der Waals surface area contributed by atoms with Gasteiger partial charge >= 0.3 is 0 Å². The number of carbonyl (C=O) groups is 1. The van der Waals surface area contributed by atoms with Gasteiger partial charge in [0.15, 0.2) is 0 Å². The molecule has 2 fully saturated rings. The number of benzene rings is 1. The van der Waals surface area contributed by atoms with Gasteiger partial charge in [0.05, 0.1) is 10.5 Å². The van der Waals surface area contributed by atoms with Crippen LogP contribution >= 0.6 is 11.6 Å². The second-order valence-electron chi connectivity index (χ2n) is 9.96. The Morgan fingerprint density at radius 1 is 1.06 bits per heavy atom. The molecule has 2 heterocycles. The third-order valence-corrected chi connectivity index (χ3v) is 7.99. The molecular weight excluding hydrogens is 425 g/mol. The average Bonchev–Trinajstić information content (AvgIpc) is 3.34. The molecule has 2 aromatic heterocycles. The normalized spacial score (nSPS) is 25.1. The summed E-state index contributed by atoms with van der Waals surface area (Å²) in [7, 11) is 0. The number of hydrogen-bond donors (Lipinski definition) is 1. The third kappa shape index (κ3) is 3.88. The number of amides is 1. The van der Waals surface area contributed by atoms with Gasteiger partial charge in [-0.1, -0.05) is 25.4 Å². The number of fused-ring (bicyclic) bond motifs is 2. The van der Waals surface area contributed by atoms with Crippen LogP contribution in [0, 0.1) is 29.0 Å². The van der Waals surface area contributed by atoms with E-state index in [0.29, 0.717) is 34.5 Å². The fourth-order valence-corrected chi connectivity index (χ4v) is 5.98. The van der Waals surface area contributed by atoms with Crippen LogP contribution in [0.5, 0.6) is 0 Å². The maximum absolute atomic E-state index is 13.9. The molecule has 4 atom stereocenters. The molecule has 32 heavy (non-hydrogen) atoms. The van der Waals surface area contributed by atoms with Crippen LogP contribution in [0.1, 0.15) is 51.0 Å². The minimum absolute atomic E-state index is 0.00412. The Labute approximate surface area is 192 Å². The van der Waals surface area contributed by atoms with Crippen molar-refractivity contribution in [3.05, 3.63) is 65.2 Å². The Hall–Kier alpha value is -2.53. The maximum atomic E-state index is 13.9. The number of nitrogens with one attached hydrogen (secondary N) is 1. The molecule has 0 saturated heterocycles. The van der Waals surface area contributed by atoms with Crippen molar-refractivity contribution in [2.75, 3.05) is 5.32 Å². The second-order valence-corrected chi connectivity index (χ2v) is 10.4. The number of aromatic nitrogens is 2. The molecule has 1 N–H and O–H groups in total. The van der Waals surface area contributed by atoms with Crippen molar-refractivity contribution in [2.24, 2.45) is 23.2 Å². The van der Waals surface area contributed by atoms with Crippen molar-refractivity contribution in [3.63, 3.8) is 0 Å². The Balaban J connectivity index is 1.28.